The van der Waals surface area contributed by atoms with Crippen LogP contribution in [0, 0.1) is 18.3 Å². The Bertz CT molecular complexity index is 592. The number of hydrogen-bond acceptors (Lipinski definition) is 4. The van der Waals surface area contributed by atoms with Crippen molar-refractivity contribution in [1.29, 1.82) is 5.26 Å². The van der Waals surface area contributed by atoms with Crippen molar-refractivity contribution in [1.82, 2.24) is 9.47 Å². The summed E-state index contributed by atoms with van der Waals surface area (Å²) >= 11 is 0. The Kier molecular flexibility index (Phi) is 5.03. The van der Waals surface area contributed by atoms with Gasteiger partial charge in [-0.2, -0.15) is 5.26 Å². The molecule has 1 saturated heterocycles. The standard InChI is InChI=1S/C16H24N4O/c1-4-6-20-13(3)11-15(14(12-17)16(20)21)19-9-7-18(5-2)8-10-19/h11H,4-10H2,1-3H3. The van der Waals surface area contributed by atoms with Crippen molar-refractivity contribution in [2.45, 2.75) is 33.7 Å². The third-order valence-electron chi connectivity index (χ3n) is 4.21. The number of aryl methyl sites for hydroxylation is 1. The maximum Gasteiger partial charge on any atom is 0.270 e. The third kappa shape index (κ3) is 3.11. The van der Waals surface area contributed by atoms with E-state index in [0.29, 0.717) is 12.1 Å². The van der Waals surface area contributed by atoms with Crippen LogP contribution in [0.25, 0.3) is 0 Å². The zero-order valence-electron chi connectivity index (χ0n) is 13.2. The van der Waals surface area contributed by atoms with Gasteiger partial charge >= 0.3 is 0 Å². The highest BCUT2D eigenvalue weighted by molar-refractivity contribution is 5.59. The van der Waals surface area contributed by atoms with Gasteiger partial charge in [-0.3, -0.25) is 4.79 Å². The second-order valence-electron chi connectivity index (χ2n) is 5.54. The molecule has 114 valence electrons. The first-order chi connectivity index (χ1) is 10.1. The normalized spacial score (nSPS) is 16.0. The van der Waals surface area contributed by atoms with Crippen LogP contribution in [-0.2, 0) is 6.54 Å². The first-order valence-electron chi connectivity index (χ1n) is 7.74. The molecule has 1 aliphatic heterocycles. The molecule has 0 saturated carbocycles. The van der Waals surface area contributed by atoms with Gasteiger partial charge in [0.05, 0.1) is 5.69 Å². The Balaban J connectivity index is 2.37. The SMILES string of the molecule is CCCn1c(C)cc(N2CCN(CC)CC2)c(C#N)c1=O. The molecule has 0 amide bonds. The first-order valence-corrected chi connectivity index (χ1v) is 7.74. The molecule has 5 nitrogen and oxygen atoms in total. The predicted molar refractivity (Wildman–Crippen MR) is 84.8 cm³/mol. The van der Waals surface area contributed by atoms with Gasteiger partial charge in [-0.25, -0.2) is 0 Å². The molecule has 5 heteroatoms. The van der Waals surface area contributed by atoms with Crippen molar-refractivity contribution in [3.63, 3.8) is 0 Å². The van der Waals surface area contributed by atoms with Gasteiger partial charge in [0.2, 0.25) is 0 Å². The minimum Gasteiger partial charge on any atom is -0.368 e. The van der Waals surface area contributed by atoms with E-state index in [1.807, 2.05) is 19.9 Å². The van der Waals surface area contributed by atoms with E-state index in [1.165, 1.54) is 0 Å². The highest BCUT2D eigenvalue weighted by atomic mass is 16.1. The Labute approximate surface area is 126 Å². The van der Waals surface area contributed by atoms with Crippen LogP contribution >= 0.6 is 0 Å². The average Bonchev–Trinajstić information content (AvgIpc) is 2.51. The van der Waals surface area contributed by atoms with E-state index < -0.39 is 0 Å². The summed E-state index contributed by atoms with van der Waals surface area (Å²) in [5, 5.41) is 9.41. The Hall–Kier alpha value is -1.80. The number of pyridine rings is 1. The largest absolute Gasteiger partial charge is 0.368 e. The fourth-order valence-corrected chi connectivity index (χ4v) is 2.91. The lowest BCUT2D eigenvalue weighted by Gasteiger charge is -2.36. The summed E-state index contributed by atoms with van der Waals surface area (Å²) in [7, 11) is 0. The fraction of sp³-hybridized carbons (Fsp3) is 0.625. The lowest BCUT2D eigenvalue weighted by Crippen LogP contribution is -2.47. The van der Waals surface area contributed by atoms with E-state index in [0.717, 1.165) is 50.5 Å². The molecule has 0 bridgehead atoms. The van der Waals surface area contributed by atoms with Crippen molar-refractivity contribution in [3.05, 3.63) is 27.7 Å². The zero-order valence-corrected chi connectivity index (χ0v) is 13.2. The first kappa shape index (κ1) is 15.6. The van der Waals surface area contributed by atoms with Gasteiger partial charge in [0.15, 0.2) is 0 Å². The predicted octanol–water partition coefficient (Wildman–Crippen LogP) is 1.58. The molecular formula is C16H24N4O. The summed E-state index contributed by atoms with van der Waals surface area (Å²) in [5.41, 5.74) is 1.89. The van der Waals surface area contributed by atoms with Gasteiger partial charge in [0, 0.05) is 38.4 Å². The van der Waals surface area contributed by atoms with Crippen molar-refractivity contribution >= 4 is 5.69 Å². The molecule has 0 spiro atoms. The Morgan fingerprint density at radius 2 is 1.90 bits per heavy atom. The third-order valence-corrected chi connectivity index (χ3v) is 4.21. The summed E-state index contributed by atoms with van der Waals surface area (Å²) in [6.07, 6.45) is 0.889. The molecule has 2 heterocycles. The summed E-state index contributed by atoms with van der Waals surface area (Å²) in [6, 6.07) is 4.12. The number of aromatic nitrogens is 1. The van der Waals surface area contributed by atoms with Gasteiger partial charge in [-0.15, -0.1) is 0 Å². The lowest BCUT2D eigenvalue weighted by atomic mass is 10.1. The van der Waals surface area contributed by atoms with Crippen LogP contribution in [0.1, 0.15) is 31.5 Å². The van der Waals surface area contributed by atoms with Crippen molar-refractivity contribution < 1.29 is 0 Å². The van der Waals surface area contributed by atoms with Crippen LogP contribution in [-0.4, -0.2) is 42.2 Å². The molecular weight excluding hydrogens is 264 g/mol. The highest BCUT2D eigenvalue weighted by Gasteiger charge is 2.21. The van der Waals surface area contributed by atoms with Crippen LogP contribution in [0.2, 0.25) is 0 Å². The number of hydrogen-bond donors (Lipinski definition) is 0. The Morgan fingerprint density at radius 1 is 1.24 bits per heavy atom. The number of nitriles is 1. The number of likely N-dealkylation sites (N-methyl/N-ethyl adjacent to an activating group) is 1. The van der Waals surface area contributed by atoms with E-state index in [1.54, 1.807) is 4.57 Å². The maximum absolute atomic E-state index is 12.5. The molecule has 0 N–H and O–H groups in total. The summed E-state index contributed by atoms with van der Waals surface area (Å²) in [5.74, 6) is 0. The molecule has 0 atom stereocenters. The van der Waals surface area contributed by atoms with Gasteiger partial charge in [0.1, 0.15) is 11.6 Å². The molecule has 2 rings (SSSR count). The number of rotatable bonds is 4. The van der Waals surface area contributed by atoms with Crippen molar-refractivity contribution in [2.75, 3.05) is 37.6 Å². The van der Waals surface area contributed by atoms with Crippen molar-refractivity contribution in [2.24, 2.45) is 0 Å². The van der Waals surface area contributed by atoms with Crippen LogP contribution < -0.4 is 10.5 Å². The Morgan fingerprint density at radius 3 is 2.43 bits per heavy atom. The van der Waals surface area contributed by atoms with E-state index in [-0.39, 0.29) is 5.56 Å². The molecule has 0 unspecified atom stereocenters. The van der Waals surface area contributed by atoms with E-state index in [2.05, 4.69) is 22.8 Å². The molecule has 1 aliphatic rings. The number of piperazine rings is 1. The van der Waals surface area contributed by atoms with E-state index in [9.17, 15) is 10.1 Å². The van der Waals surface area contributed by atoms with Crippen LogP contribution in [0.3, 0.4) is 0 Å². The molecule has 0 aliphatic carbocycles. The van der Waals surface area contributed by atoms with Gasteiger partial charge in [0.25, 0.3) is 5.56 Å². The number of nitrogens with zero attached hydrogens (tertiary/aromatic N) is 4. The highest BCUT2D eigenvalue weighted by Crippen LogP contribution is 2.20. The molecule has 1 aromatic heterocycles. The second-order valence-corrected chi connectivity index (χ2v) is 5.54. The van der Waals surface area contributed by atoms with Gasteiger partial charge in [-0.05, 0) is 26.0 Å². The molecule has 1 aromatic rings. The van der Waals surface area contributed by atoms with Gasteiger partial charge < -0.3 is 14.4 Å². The summed E-state index contributed by atoms with van der Waals surface area (Å²) < 4.78 is 1.71. The molecule has 1 fully saturated rings. The zero-order chi connectivity index (χ0) is 15.4. The van der Waals surface area contributed by atoms with E-state index in [4.69, 9.17) is 0 Å². The number of anilines is 1. The van der Waals surface area contributed by atoms with Crippen LogP contribution in [0.4, 0.5) is 5.69 Å². The van der Waals surface area contributed by atoms with E-state index >= 15 is 0 Å². The minimum atomic E-state index is -0.146. The summed E-state index contributed by atoms with van der Waals surface area (Å²) in [4.78, 5) is 17.1. The molecule has 0 aromatic carbocycles. The molecule has 0 radical (unpaired) electrons. The minimum absolute atomic E-state index is 0.146. The monoisotopic (exact) mass is 288 g/mol. The average molecular weight is 288 g/mol. The van der Waals surface area contributed by atoms with Crippen molar-refractivity contribution in [3.8, 4) is 6.07 Å². The van der Waals surface area contributed by atoms with Crippen LogP contribution in [0.5, 0.6) is 0 Å². The lowest BCUT2D eigenvalue weighted by molar-refractivity contribution is 0.271. The topological polar surface area (TPSA) is 52.3 Å². The van der Waals surface area contributed by atoms with Crippen LogP contribution in [0.15, 0.2) is 10.9 Å². The summed E-state index contributed by atoms with van der Waals surface area (Å²) in [6.45, 7) is 11.6. The second kappa shape index (κ2) is 6.77. The molecule has 21 heavy (non-hydrogen) atoms. The maximum atomic E-state index is 12.5. The fourth-order valence-electron chi connectivity index (χ4n) is 2.91. The smallest absolute Gasteiger partial charge is 0.270 e. The quantitative estimate of drug-likeness (QED) is 0.844. The van der Waals surface area contributed by atoms with Gasteiger partial charge in [-0.1, -0.05) is 13.8 Å².